The minimum atomic E-state index is -0.257. The van der Waals surface area contributed by atoms with E-state index in [0.717, 1.165) is 0 Å². The highest BCUT2D eigenvalue weighted by molar-refractivity contribution is 6.02. The number of methoxy groups -OCH3 is 1. The summed E-state index contributed by atoms with van der Waals surface area (Å²) in [6.07, 6.45) is 2.79. The highest BCUT2D eigenvalue weighted by Crippen LogP contribution is 2.23. The number of carbonyl (C=O) groups is 3. The first-order valence-electron chi connectivity index (χ1n) is 8.04. The van der Waals surface area contributed by atoms with Gasteiger partial charge in [0.2, 0.25) is 5.91 Å². The van der Waals surface area contributed by atoms with Crippen LogP contribution in [0.15, 0.2) is 22.8 Å². The van der Waals surface area contributed by atoms with Crippen molar-refractivity contribution in [2.24, 2.45) is 0 Å². The fourth-order valence-corrected chi connectivity index (χ4v) is 3.19. The minimum absolute atomic E-state index is 0.0188. The van der Waals surface area contributed by atoms with Crippen LogP contribution in [0.25, 0.3) is 0 Å². The summed E-state index contributed by atoms with van der Waals surface area (Å²) in [5.74, 6) is 0.00162. The summed E-state index contributed by atoms with van der Waals surface area (Å²) in [6, 6.07) is 3.05. The lowest BCUT2D eigenvalue weighted by Crippen LogP contribution is -2.48. The molecule has 0 atom stereocenters. The lowest BCUT2D eigenvalue weighted by Gasteiger charge is -2.35. The summed E-state index contributed by atoms with van der Waals surface area (Å²) in [5, 5.41) is 0. The molecule has 8 nitrogen and oxygen atoms in total. The molecule has 4 amide bonds. The number of likely N-dealkylation sites (tertiary alicyclic amines) is 1. The fourth-order valence-electron chi connectivity index (χ4n) is 3.19. The van der Waals surface area contributed by atoms with Crippen LogP contribution < -0.4 is 0 Å². The van der Waals surface area contributed by atoms with Crippen molar-refractivity contribution in [3.05, 3.63) is 24.2 Å². The fraction of sp³-hybridized carbons (Fsp3) is 0.562. The molecule has 24 heavy (non-hydrogen) atoms. The van der Waals surface area contributed by atoms with E-state index in [1.54, 1.807) is 21.9 Å². The Labute approximate surface area is 139 Å². The van der Waals surface area contributed by atoms with Gasteiger partial charge in [-0.15, -0.1) is 0 Å². The van der Waals surface area contributed by atoms with Gasteiger partial charge in [0.25, 0.3) is 5.91 Å². The predicted molar refractivity (Wildman–Crippen MR) is 83.3 cm³/mol. The zero-order valence-electron chi connectivity index (χ0n) is 13.6. The zero-order valence-corrected chi connectivity index (χ0v) is 13.6. The Hall–Kier alpha value is -2.35. The first-order chi connectivity index (χ1) is 11.6. The molecule has 0 N–H and O–H groups in total. The van der Waals surface area contributed by atoms with E-state index in [1.165, 1.54) is 18.3 Å². The molecular weight excluding hydrogens is 314 g/mol. The van der Waals surface area contributed by atoms with Gasteiger partial charge in [-0.1, -0.05) is 0 Å². The van der Waals surface area contributed by atoms with Crippen molar-refractivity contribution in [3.63, 3.8) is 0 Å². The molecule has 2 saturated heterocycles. The Balaban J connectivity index is 1.56. The number of piperidine rings is 1. The van der Waals surface area contributed by atoms with Crippen molar-refractivity contribution < 1.29 is 23.5 Å². The van der Waals surface area contributed by atoms with Crippen LogP contribution in [0.2, 0.25) is 0 Å². The molecule has 2 aliphatic heterocycles. The van der Waals surface area contributed by atoms with Crippen molar-refractivity contribution in [1.82, 2.24) is 14.7 Å². The Kier molecular flexibility index (Phi) is 4.84. The van der Waals surface area contributed by atoms with Crippen molar-refractivity contribution in [1.29, 1.82) is 0 Å². The van der Waals surface area contributed by atoms with Crippen molar-refractivity contribution in [3.8, 4) is 0 Å². The van der Waals surface area contributed by atoms with Gasteiger partial charge >= 0.3 is 6.03 Å². The largest absolute Gasteiger partial charge is 0.459 e. The first kappa shape index (κ1) is 16.5. The van der Waals surface area contributed by atoms with Gasteiger partial charge in [0, 0.05) is 26.2 Å². The second-order valence-electron chi connectivity index (χ2n) is 5.95. The summed E-state index contributed by atoms with van der Waals surface area (Å²) in [4.78, 5) is 41.2. The highest BCUT2D eigenvalue weighted by Gasteiger charge is 2.40. The molecule has 8 heteroatoms. The third-order valence-corrected chi connectivity index (χ3v) is 4.53. The van der Waals surface area contributed by atoms with Crippen LogP contribution in [0, 0.1) is 0 Å². The number of nitrogens with zero attached hydrogens (tertiary/aromatic N) is 3. The lowest BCUT2D eigenvalue weighted by molar-refractivity contribution is -0.125. The summed E-state index contributed by atoms with van der Waals surface area (Å²) >= 11 is 0. The van der Waals surface area contributed by atoms with Gasteiger partial charge in [0.15, 0.2) is 5.76 Å². The Bertz CT molecular complexity index is 607. The number of rotatable bonds is 5. The van der Waals surface area contributed by atoms with Crippen LogP contribution in [-0.2, 0) is 9.53 Å². The summed E-state index contributed by atoms with van der Waals surface area (Å²) in [6.45, 7) is 1.81. The number of imide groups is 1. The third kappa shape index (κ3) is 3.14. The summed E-state index contributed by atoms with van der Waals surface area (Å²) < 4.78 is 10.1. The summed E-state index contributed by atoms with van der Waals surface area (Å²) in [5.41, 5.74) is 0. The molecule has 3 heterocycles. The molecule has 0 radical (unpaired) electrons. The topological polar surface area (TPSA) is 83.3 Å². The Morgan fingerprint density at radius 3 is 2.71 bits per heavy atom. The predicted octanol–water partition coefficient (Wildman–Crippen LogP) is 0.795. The van der Waals surface area contributed by atoms with Crippen molar-refractivity contribution in [2.75, 3.05) is 39.9 Å². The van der Waals surface area contributed by atoms with E-state index in [9.17, 15) is 14.4 Å². The van der Waals surface area contributed by atoms with Gasteiger partial charge in [0.05, 0.1) is 19.4 Å². The van der Waals surface area contributed by atoms with E-state index in [2.05, 4.69) is 0 Å². The molecule has 0 aromatic carbocycles. The molecule has 0 saturated carbocycles. The monoisotopic (exact) mass is 335 g/mol. The molecule has 1 aromatic rings. The van der Waals surface area contributed by atoms with E-state index in [1.807, 2.05) is 0 Å². The molecule has 130 valence electrons. The molecule has 2 fully saturated rings. The molecular formula is C16H21N3O5. The van der Waals surface area contributed by atoms with E-state index in [-0.39, 0.29) is 37.0 Å². The van der Waals surface area contributed by atoms with Crippen LogP contribution in [0.3, 0.4) is 0 Å². The van der Waals surface area contributed by atoms with Gasteiger partial charge in [-0.05, 0) is 25.0 Å². The Morgan fingerprint density at radius 2 is 2.08 bits per heavy atom. The average Bonchev–Trinajstić information content (AvgIpc) is 3.22. The number of ether oxygens (including phenoxy) is 1. The SMILES string of the molecule is COCCN1C(=O)CN(C2CCN(C(=O)c3ccco3)CC2)C1=O. The smallest absolute Gasteiger partial charge is 0.327 e. The van der Waals surface area contributed by atoms with Gasteiger partial charge in [-0.25, -0.2) is 4.79 Å². The summed E-state index contributed by atoms with van der Waals surface area (Å²) in [7, 11) is 1.54. The van der Waals surface area contributed by atoms with Crippen LogP contribution in [0.1, 0.15) is 23.4 Å². The van der Waals surface area contributed by atoms with Gasteiger partial charge < -0.3 is 19.0 Å². The second-order valence-corrected chi connectivity index (χ2v) is 5.95. The van der Waals surface area contributed by atoms with E-state index >= 15 is 0 Å². The third-order valence-electron chi connectivity index (χ3n) is 4.53. The highest BCUT2D eigenvalue weighted by atomic mass is 16.5. The molecule has 0 spiro atoms. The Morgan fingerprint density at radius 1 is 1.33 bits per heavy atom. The lowest BCUT2D eigenvalue weighted by atomic mass is 10.0. The minimum Gasteiger partial charge on any atom is -0.459 e. The standard InChI is InChI=1S/C16H21N3O5/c1-23-10-8-18-14(20)11-19(16(18)22)12-4-6-17(7-5-12)15(21)13-3-2-9-24-13/h2-3,9,12H,4-8,10-11H2,1H3. The van der Waals surface area contributed by atoms with Gasteiger partial charge in [0.1, 0.15) is 6.54 Å². The molecule has 2 aliphatic rings. The second kappa shape index (κ2) is 7.04. The van der Waals surface area contributed by atoms with Gasteiger partial charge in [-0.2, -0.15) is 0 Å². The maximum absolute atomic E-state index is 12.4. The molecule has 3 rings (SSSR count). The zero-order chi connectivity index (χ0) is 17.1. The number of carbonyl (C=O) groups excluding carboxylic acids is 3. The van der Waals surface area contributed by atoms with E-state index in [4.69, 9.17) is 9.15 Å². The quantitative estimate of drug-likeness (QED) is 0.743. The van der Waals surface area contributed by atoms with Crippen LogP contribution in [0.5, 0.6) is 0 Å². The number of furan rings is 1. The number of hydrogen-bond acceptors (Lipinski definition) is 5. The van der Waals surface area contributed by atoms with E-state index in [0.29, 0.717) is 38.3 Å². The van der Waals surface area contributed by atoms with Crippen LogP contribution in [0.4, 0.5) is 4.79 Å². The average molecular weight is 335 g/mol. The van der Waals surface area contributed by atoms with Gasteiger partial charge in [-0.3, -0.25) is 14.5 Å². The molecule has 0 bridgehead atoms. The van der Waals surface area contributed by atoms with Crippen molar-refractivity contribution in [2.45, 2.75) is 18.9 Å². The molecule has 0 unspecified atom stereocenters. The van der Waals surface area contributed by atoms with E-state index < -0.39 is 0 Å². The molecule has 1 aromatic heterocycles. The van der Waals surface area contributed by atoms with Crippen molar-refractivity contribution >= 4 is 17.8 Å². The first-order valence-corrected chi connectivity index (χ1v) is 8.04. The normalized spacial score (nSPS) is 19.5. The maximum Gasteiger partial charge on any atom is 0.327 e. The number of hydrogen-bond donors (Lipinski definition) is 0. The molecule has 0 aliphatic carbocycles. The van der Waals surface area contributed by atoms with Crippen LogP contribution in [-0.4, -0.2) is 78.5 Å². The number of amides is 4. The van der Waals surface area contributed by atoms with Crippen LogP contribution >= 0.6 is 0 Å². The maximum atomic E-state index is 12.4. The number of urea groups is 1.